The molecular formula is C15H14N2O2S. The minimum atomic E-state index is -0.0236. The van der Waals surface area contributed by atoms with Crippen LogP contribution in [0.15, 0.2) is 24.3 Å². The third-order valence-corrected chi connectivity index (χ3v) is 4.33. The number of anilines is 1. The van der Waals surface area contributed by atoms with Crippen molar-refractivity contribution >= 4 is 43.9 Å². The van der Waals surface area contributed by atoms with Crippen molar-refractivity contribution in [3.05, 3.63) is 29.1 Å². The molecule has 0 atom stereocenters. The van der Waals surface area contributed by atoms with E-state index in [1.807, 2.05) is 31.2 Å². The van der Waals surface area contributed by atoms with Gasteiger partial charge in [0.25, 0.3) is 0 Å². The van der Waals surface area contributed by atoms with Gasteiger partial charge in [-0.3, -0.25) is 4.79 Å². The first-order valence-corrected chi connectivity index (χ1v) is 7.18. The Labute approximate surface area is 120 Å². The number of pyridine rings is 1. The van der Waals surface area contributed by atoms with Crippen LogP contribution < -0.4 is 10.5 Å². The quantitative estimate of drug-likeness (QED) is 0.747. The molecule has 20 heavy (non-hydrogen) atoms. The molecule has 0 saturated carbocycles. The Morgan fingerprint density at radius 2 is 2.20 bits per heavy atom. The zero-order valence-electron chi connectivity index (χ0n) is 11.3. The first-order chi connectivity index (χ1) is 9.60. The fourth-order valence-electron chi connectivity index (χ4n) is 2.20. The summed E-state index contributed by atoms with van der Waals surface area (Å²) in [6.45, 7) is 4.09. The number of aromatic nitrogens is 1. The summed E-state index contributed by atoms with van der Waals surface area (Å²) in [6, 6.07) is 7.73. The van der Waals surface area contributed by atoms with Gasteiger partial charge in [0.05, 0.1) is 22.7 Å². The van der Waals surface area contributed by atoms with Crippen molar-refractivity contribution in [2.45, 2.75) is 13.8 Å². The Morgan fingerprint density at radius 1 is 1.40 bits per heavy atom. The Balaban J connectivity index is 2.26. The summed E-state index contributed by atoms with van der Waals surface area (Å²) in [7, 11) is 0. The Kier molecular flexibility index (Phi) is 3.06. The molecule has 2 aromatic heterocycles. The molecule has 3 aromatic rings. The van der Waals surface area contributed by atoms with Gasteiger partial charge in [0.15, 0.2) is 5.78 Å². The van der Waals surface area contributed by atoms with Gasteiger partial charge in [0.2, 0.25) is 0 Å². The number of nitrogens with zero attached hydrogens (tertiary/aromatic N) is 1. The van der Waals surface area contributed by atoms with Crippen molar-refractivity contribution in [1.29, 1.82) is 0 Å². The van der Waals surface area contributed by atoms with E-state index in [9.17, 15) is 4.79 Å². The normalized spacial score (nSPS) is 11.1. The highest BCUT2D eigenvalue weighted by Gasteiger charge is 2.14. The molecule has 1 aromatic carbocycles. The van der Waals surface area contributed by atoms with Crippen LogP contribution in [0.2, 0.25) is 0 Å². The maximum atomic E-state index is 11.6. The van der Waals surface area contributed by atoms with Crippen LogP contribution in [0.5, 0.6) is 5.75 Å². The lowest BCUT2D eigenvalue weighted by Gasteiger charge is -2.04. The maximum absolute atomic E-state index is 11.6. The first-order valence-electron chi connectivity index (χ1n) is 6.36. The van der Waals surface area contributed by atoms with Gasteiger partial charge < -0.3 is 10.5 Å². The smallest absolute Gasteiger partial charge is 0.171 e. The predicted octanol–water partition coefficient (Wildman–Crippen LogP) is 3.63. The molecule has 0 bridgehead atoms. The number of Topliss-reactive ketones (excluding diaryl/α,β-unsaturated/α-hetero) is 1. The molecule has 0 radical (unpaired) electrons. The van der Waals surface area contributed by atoms with Crippen LogP contribution >= 0.6 is 11.3 Å². The summed E-state index contributed by atoms with van der Waals surface area (Å²) in [4.78, 5) is 17.5. The number of carbonyl (C=O) groups is 1. The number of fused-ring (bicyclic) bond motifs is 2. The van der Waals surface area contributed by atoms with Crippen molar-refractivity contribution < 1.29 is 9.53 Å². The van der Waals surface area contributed by atoms with Crippen molar-refractivity contribution in [1.82, 2.24) is 4.98 Å². The van der Waals surface area contributed by atoms with Crippen molar-refractivity contribution in [2.24, 2.45) is 0 Å². The van der Waals surface area contributed by atoms with Crippen molar-refractivity contribution in [3.8, 4) is 5.75 Å². The fourth-order valence-corrected chi connectivity index (χ4v) is 3.18. The van der Waals surface area contributed by atoms with E-state index in [0.29, 0.717) is 17.2 Å². The SMILES string of the molecule is CCOc1ccc2nc3sc(C(C)=O)c(N)c3cc2c1. The molecule has 0 saturated heterocycles. The van der Waals surface area contributed by atoms with Gasteiger partial charge in [-0.15, -0.1) is 11.3 Å². The van der Waals surface area contributed by atoms with E-state index in [2.05, 4.69) is 4.98 Å². The van der Waals surface area contributed by atoms with Gasteiger partial charge >= 0.3 is 0 Å². The van der Waals surface area contributed by atoms with E-state index < -0.39 is 0 Å². The van der Waals surface area contributed by atoms with Gasteiger partial charge in [-0.05, 0) is 31.2 Å². The maximum Gasteiger partial charge on any atom is 0.171 e. The number of benzene rings is 1. The van der Waals surface area contributed by atoms with Crippen LogP contribution in [0.25, 0.3) is 21.1 Å². The average molecular weight is 286 g/mol. The average Bonchev–Trinajstić information content (AvgIpc) is 2.74. The van der Waals surface area contributed by atoms with Crippen LogP contribution in [0.4, 0.5) is 5.69 Å². The number of nitrogens with two attached hydrogens (primary N) is 1. The third kappa shape index (κ3) is 2.00. The highest BCUT2D eigenvalue weighted by molar-refractivity contribution is 7.21. The lowest BCUT2D eigenvalue weighted by atomic mass is 10.1. The number of thiophene rings is 1. The second kappa shape index (κ2) is 4.76. The van der Waals surface area contributed by atoms with Crippen LogP contribution in [0, 0.1) is 0 Å². The molecule has 0 aliphatic rings. The largest absolute Gasteiger partial charge is 0.494 e. The summed E-state index contributed by atoms with van der Waals surface area (Å²) >= 11 is 1.34. The van der Waals surface area contributed by atoms with Crippen molar-refractivity contribution in [3.63, 3.8) is 0 Å². The number of hydrogen-bond acceptors (Lipinski definition) is 5. The number of rotatable bonds is 3. The summed E-state index contributed by atoms with van der Waals surface area (Å²) in [5.41, 5.74) is 7.44. The Bertz CT molecular complexity index is 823. The van der Waals surface area contributed by atoms with Crippen molar-refractivity contribution in [2.75, 3.05) is 12.3 Å². The molecule has 0 aliphatic heterocycles. The molecular weight excluding hydrogens is 272 g/mol. The zero-order chi connectivity index (χ0) is 14.3. The molecule has 2 N–H and O–H groups in total. The van der Waals surface area contributed by atoms with Gasteiger partial charge in [0, 0.05) is 17.7 Å². The first kappa shape index (κ1) is 12.9. The summed E-state index contributed by atoms with van der Waals surface area (Å²) in [5.74, 6) is 0.784. The highest BCUT2D eigenvalue weighted by Crippen LogP contribution is 2.35. The van der Waals surface area contributed by atoms with E-state index in [0.717, 1.165) is 26.9 Å². The number of ether oxygens (including phenoxy) is 1. The minimum absolute atomic E-state index is 0.0236. The lowest BCUT2D eigenvalue weighted by molar-refractivity contribution is 0.102. The van der Waals surface area contributed by atoms with E-state index in [1.165, 1.54) is 18.3 Å². The number of carbonyl (C=O) groups excluding carboxylic acids is 1. The third-order valence-electron chi connectivity index (χ3n) is 3.12. The van der Waals surface area contributed by atoms with E-state index in [4.69, 9.17) is 10.5 Å². The number of ketones is 1. The Morgan fingerprint density at radius 3 is 2.90 bits per heavy atom. The molecule has 4 nitrogen and oxygen atoms in total. The fraction of sp³-hybridized carbons (Fsp3) is 0.200. The second-order valence-corrected chi connectivity index (χ2v) is 5.53. The molecule has 0 aliphatic carbocycles. The van der Waals surface area contributed by atoms with Gasteiger partial charge in [-0.25, -0.2) is 4.98 Å². The monoisotopic (exact) mass is 286 g/mol. The van der Waals surface area contributed by atoms with Crippen LogP contribution in [0.1, 0.15) is 23.5 Å². The summed E-state index contributed by atoms with van der Waals surface area (Å²) < 4.78 is 5.49. The molecule has 0 spiro atoms. The predicted molar refractivity (Wildman–Crippen MR) is 82.7 cm³/mol. The van der Waals surface area contributed by atoms with Crippen LogP contribution in [-0.2, 0) is 0 Å². The van der Waals surface area contributed by atoms with Gasteiger partial charge in [0.1, 0.15) is 10.6 Å². The standard InChI is InChI=1S/C15H14N2O2S/c1-3-19-10-4-5-12-9(6-10)7-11-13(16)14(8(2)18)20-15(11)17-12/h4-7H,3,16H2,1-2H3. The molecule has 102 valence electrons. The van der Waals surface area contributed by atoms with Gasteiger partial charge in [-0.2, -0.15) is 0 Å². The zero-order valence-corrected chi connectivity index (χ0v) is 12.1. The Hall–Kier alpha value is -2.14. The molecule has 0 fully saturated rings. The van der Waals surface area contributed by atoms with Gasteiger partial charge in [-0.1, -0.05) is 0 Å². The number of hydrogen-bond donors (Lipinski definition) is 1. The summed E-state index contributed by atoms with van der Waals surface area (Å²) in [6.07, 6.45) is 0. The minimum Gasteiger partial charge on any atom is -0.494 e. The lowest BCUT2D eigenvalue weighted by Crippen LogP contribution is -1.94. The molecule has 5 heteroatoms. The van der Waals surface area contributed by atoms with Crippen LogP contribution in [0.3, 0.4) is 0 Å². The molecule has 0 unspecified atom stereocenters. The van der Waals surface area contributed by atoms with E-state index >= 15 is 0 Å². The van der Waals surface area contributed by atoms with E-state index in [1.54, 1.807) is 0 Å². The highest BCUT2D eigenvalue weighted by atomic mass is 32.1. The summed E-state index contributed by atoms with van der Waals surface area (Å²) in [5, 5.41) is 1.80. The molecule has 0 amide bonds. The molecule has 2 heterocycles. The number of nitrogen functional groups attached to an aromatic ring is 1. The molecule has 3 rings (SSSR count). The second-order valence-electron chi connectivity index (χ2n) is 4.53. The van der Waals surface area contributed by atoms with Crippen LogP contribution in [-0.4, -0.2) is 17.4 Å². The topological polar surface area (TPSA) is 65.2 Å². The van der Waals surface area contributed by atoms with E-state index in [-0.39, 0.29) is 5.78 Å².